The molecule has 1 aromatic carbocycles. The number of hydrogen-bond acceptors (Lipinski definition) is 5. The van der Waals surface area contributed by atoms with E-state index in [0.29, 0.717) is 0 Å². The molecule has 1 aliphatic heterocycles. The van der Waals surface area contributed by atoms with E-state index in [2.05, 4.69) is 10.2 Å². The number of nitro benzene ring substituents is 1. The number of carbonyl (C=O) groups excluding carboxylic acids is 1. The molecule has 1 N–H and O–H groups in total. The highest BCUT2D eigenvalue weighted by Gasteiger charge is 2.21. The first-order chi connectivity index (χ1) is 8.72. The number of hydrogen-bond donors (Lipinski definition) is 1. The molecule has 0 bridgehead atoms. The Morgan fingerprint density at radius 3 is 2.32 bits per heavy atom. The molecule has 1 heterocycles. The monoisotopic (exact) mass is 285 g/mol. The number of nitro groups is 1. The van der Waals surface area contributed by atoms with Gasteiger partial charge in [0.2, 0.25) is 0 Å². The number of nitrogens with zero attached hydrogens (tertiary/aromatic N) is 2. The van der Waals surface area contributed by atoms with Crippen molar-refractivity contribution in [3.8, 4) is 0 Å². The highest BCUT2D eigenvalue weighted by molar-refractivity contribution is 5.85. The fourth-order valence-corrected chi connectivity index (χ4v) is 2.13. The SMILES string of the molecule is Cl.O=CC(c1ccc([N+](=O)[O-])cc1)N1CCNCC1. The second kappa shape index (κ2) is 7.18. The number of piperazine rings is 1. The maximum atomic E-state index is 11.2. The summed E-state index contributed by atoms with van der Waals surface area (Å²) < 4.78 is 0. The predicted molar refractivity (Wildman–Crippen MR) is 73.6 cm³/mol. The molecule has 0 aliphatic carbocycles. The maximum absolute atomic E-state index is 11.2. The Kier molecular flexibility index (Phi) is 5.88. The summed E-state index contributed by atoms with van der Waals surface area (Å²) in [6.45, 7) is 3.33. The maximum Gasteiger partial charge on any atom is 0.269 e. The van der Waals surface area contributed by atoms with Crippen molar-refractivity contribution in [3.63, 3.8) is 0 Å². The van der Waals surface area contributed by atoms with Crippen LogP contribution in [0.2, 0.25) is 0 Å². The second-order valence-corrected chi connectivity index (χ2v) is 4.22. The Morgan fingerprint density at radius 1 is 1.26 bits per heavy atom. The number of aldehydes is 1. The molecule has 6 nitrogen and oxygen atoms in total. The number of halogens is 1. The molecule has 1 unspecified atom stereocenters. The number of rotatable bonds is 4. The van der Waals surface area contributed by atoms with Crippen molar-refractivity contribution < 1.29 is 9.72 Å². The van der Waals surface area contributed by atoms with Crippen LogP contribution in [0.4, 0.5) is 5.69 Å². The van der Waals surface area contributed by atoms with Crippen LogP contribution in [0.15, 0.2) is 24.3 Å². The number of non-ortho nitro benzene ring substituents is 1. The lowest BCUT2D eigenvalue weighted by Crippen LogP contribution is -2.45. The Hall–Kier alpha value is -1.50. The van der Waals surface area contributed by atoms with Crippen molar-refractivity contribution in [2.45, 2.75) is 6.04 Å². The van der Waals surface area contributed by atoms with Crippen LogP contribution in [0.5, 0.6) is 0 Å². The van der Waals surface area contributed by atoms with Gasteiger partial charge < -0.3 is 10.1 Å². The van der Waals surface area contributed by atoms with Crippen LogP contribution in [0.1, 0.15) is 11.6 Å². The van der Waals surface area contributed by atoms with E-state index >= 15 is 0 Å². The van der Waals surface area contributed by atoms with Gasteiger partial charge >= 0.3 is 0 Å². The summed E-state index contributed by atoms with van der Waals surface area (Å²) in [5, 5.41) is 13.8. The summed E-state index contributed by atoms with van der Waals surface area (Å²) >= 11 is 0. The second-order valence-electron chi connectivity index (χ2n) is 4.22. The van der Waals surface area contributed by atoms with Gasteiger partial charge in [-0.3, -0.25) is 15.0 Å². The Morgan fingerprint density at radius 2 is 1.84 bits per heavy atom. The zero-order chi connectivity index (χ0) is 13.0. The molecule has 1 aromatic rings. The van der Waals surface area contributed by atoms with Crippen LogP contribution in [0.3, 0.4) is 0 Å². The van der Waals surface area contributed by atoms with E-state index < -0.39 is 4.92 Å². The minimum atomic E-state index is -0.440. The van der Waals surface area contributed by atoms with Crippen LogP contribution in [-0.2, 0) is 4.79 Å². The van der Waals surface area contributed by atoms with E-state index in [4.69, 9.17) is 0 Å². The summed E-state index contributed by atoms with van der Waals surface area (Å²) in [6, 6.07) is 5.87. The van der Waals surface area contributed by atoms with Crippen LogP contribution < -0.4 is 5.32 Å². The summed E-state index contributed by atoms with van der Waals surface area (Å²) in [5.41, 5.74) is 0.848. The van der Waals surface area contributed by atoms with Crippen molar-refractivity contribution in [2.75, 3.05) is 26.2 Å². The van der Waals surface area contributed by atoms with Gasteiger partial charge in [-0.25, -0.2) is 0 Å². The van der Waals surface area contributed by atoms with E-state index in [-0.39, 0.29) is 24.1 Å². The van der Waals surface area contributed by atoms with Crippen LogP contribution >= 0.6 is 12.4 Å². The fourth-order valence-electron chi connectivity index (χ4n) is 2.13. The smallest absolute Gasteiger partial charge is 0.269 e. The van der Waals surface area contributed by atoms with Crippen molar-refractivity contribution in [3.05, 3.63) is 39.9 Å². The molecule has 0 amide bonds. The third kappa shape index (κ3) is 3.73. The Balaban J connectivity index is 0.00000180. The first kappa shape index (κ1) is 15.6. The molecule has 7 heteroatoms. The van der Waals surface area contributed by atoms with Crippen LogP contribution in [0.25, 0.3) is 0 Å². The largest absolute Gasteiger partial charge is 0.314 e. The average molecular weight is 286 g/mol. The molecule has 0 saturated carbocycles. The third-order valence-corrected chi connectivity index (χ3v) is 3.12. The van der Waals surface area contributed by atoms with Gasteiger partial charge in [-0.15, -0.1) is 12.4 Å². The van der Waals surface area contributed by atoms with Crippen LogP contribution in [0, 0.1) is 10.1 Å². The van der Waals surface area contributed by atoms with Gasteiger partial charge in [-0.1, -0.05) is 12.1 Å². The van der Waals surface area contributed by atoms with E-state index in [1.54, 1.807) is 12.1 Å². The first-order valence-electron chi connectivity index (χ1n) is 5.87. The average Bonchev–Trinajstić information content (AvgIpc) is 2.41. The Labute approximate surface area is 117 Å². The quantitative estimate of drug-likeness (QED) is 0.510. The third-order valence-electron chi connectivity index (χ3n) is 3.12. The molecule has 1 saturated heterocycles. The molecule has 19 heavy (non-hydrogen) atoms. The zero-order valence-electron chi connectivity index (χ0n) is 10.3. The van der Waals surface area contributed by atoms with E-state index in [1.165, 1.54) is 12.1 Å². The van der Waals surface area contributed by atoms with Crippen molar-refractivity contribution in [1.29, 1.82) is 0 Å². The molecule has 104 valence electrons. The van der Waals surface area contributed by atoms with Crippen molar-refractivity contribution in [1.82, 2.24) is 10.2 Å². The minimum absolute atomic E-state index is 0. The van der Waals surface area contributed by atoms with Gasteiger partial charge in [0.05, 0.1) is 11.0 Å². The van der Waals surface area contributed by atoms with Gasteiger partial charge in [0.1, 0.15) is 6.29 Å². The molecule has 0 aromatic heterocycles. The molecule has 2 rings (SSSR count). The lowest BCUT2D eigenvalue weighted by Gasteiger charge is -2.31. The zero-order valence-corrected chi connectivity index (χ0v) is 11.1. The van der Waals surface area contributed by atoms with Gasteiger partial charge in [0.25, 0.3) is 5.69 Å². The molecular weight excluding hydrogens is 270 g/mol. The molecule has 1 aliphatic rings. The summed E-state index contributed by atoms with van der Waals surface area (Å²) in [5.74, 6) is 0. The lowest BCUT2D eigenvalue weighted by molar-refractivity contribution is -0.384. The van der Waals surface area contributed by atoms with Crippen LogP contribution in [-0.4, -0.2) is 42.3 Å². The van der Waals surface area contributed by atoms with Gasteiger partial charge in [-0.05, 0) is 5.56 Å². The van der Waals surface area contributed by atoms with Gasteiger partial charge in [-0.2, -0.15) is 0 Å². The summed E-state index contributed by atoms with van der Waals surface area (Å²) in [4.78, 5) is 23.4. The normalized spacial score (nSPS) is 17.3. The Bertz CT molecular complexity index is 432. The molecule has 0 radical (unpaired) electrons. The van der Waals surface area contributed by atoms with E-state index in [1.807, 2.05) is 0 Å². The van der Waals surface area contributed by atoms with Gasteiger partial charge in [0.15, 0.2) is 0 Å². The first-order valence-corrected chi connectivity index (χ1v) is 5.87. The summed E-state index contributed by atoms with van der Waals surface area (Å²) in [7, 11) is 0. The van der Waals surface area contributed by atoms with E-state index in [0.717, 1.165) is 38.0 Å². The highest BCUT2D eigenvalue weighted by atomic mass is 35.5. The number of nitrogens with one attached hydrogen (secondary N) is 1. The fraction of sp³-hybridized carbons (Fsp3) is 0.417. The number of carbonyl (C=O) groups is 1. The molecule has 1 fully saturated rings. The van der Waals surface area contributed by atoms with Gasteiger partial charge in [0, 0.05) is 38.3 Å². The topological polar surface area (TPSA) is 75.5 Å². The molecule has 0 spiro atoms. The van der Waals surface area contributed by atoms with E-state index in [9.17, 15) is 14.9 Å². The standard InChI is InChI=1S/C12H15N3O3.ClH/c16-9-12(14-7-5-13-6-8-14)10-1-3-11(4-2-10)15(17)18;/h1-4,9,12-13H,5-8H2;1H. The van der Waals surface area contributed by atoms with Crippen molar-refractivity contribution in [2.24, 2.45) is 0 Å². The summed E-state index contributed by atoms with van der Waals surface area (Å²) in [6.07, 6.45) is 0.895. The predicted octanol–water partition coefficient (Wildman–Crippen LogP) is 1.16. The highest BCUT2D eigenvalue weighted by Crippen LogP contribution is 2.21. The number of benzene rings is 1. The minimum Gasteiger partial charge on any atom is -0.314 e. The van der Waals surface area contributed by atoms with Crippen molar-refractivity contribution >= 4 is 24.4 Å². The molecular formula is C12H16ClN3O3. The molecule has 1 atom stereocenters. The lowest BCUT2D eigenvalue weighted by atomic mass is 10.1.